The zero-order valence-electron chi connectivity index (χ0n) is 17.4. The molecule has 2 rings (SSSR count). The molecule has 7 heteroatoms. The largest absolute Gasteiger partial charge is 1.00 e. The second-order valence-electron chi connectivity index (χ2n) is 7.03. The summed E-state index contributed by atoms with van der Waals surface area (Å²) >= 11 is 0. The van der Waals surface area contributed by atoms with Gasteiger partial charge in [-0.3, -0.25) is 4.55 Å². The summed E-state index contributed by atoms with van der Waals surface area (Å²) in [7, 11) is -4.57. The fourth-order valence-electron chi connectivity index (χ4n) is 3.13. The van der Waals surface area contributed by atoms with Crippen molar-refractivity contribution < 1.29 is 74.2 Å². The summed E-state index contributed by atoms with van der Waals surface area (Å²) in [6.45, 7) is 2.22. The topological polar surface area (TPSA) is 86.7 Å². The van der Waals surface area contributed by atoms with Crippen molar-refractivity contribution in [2.45, 2.75) is 69.6 Å². The molecule has 5 nitrogen and oxygen atoms in total. The normalized spacial score (nSPS) is 11.1. The van der Waals surface area contributed by atoms with E-state index in [0.29, 0.717) is 5.75 Å². The molecule has 2 aromatic rings. The van der Waals surface area contributed by atoms with Crippen molar-refractivity contribution >= 4 is 10.1 Å². The summed E-state index contributed by atoms with van der Waals surface area (Å²) < 4.78 is 37.2. The average Bonchev–Trinajstić information content (AvgIpc) is 2.65. The third-order valence-electron chi connectivity index (χ3n) is 4.67. The minimum absolute atomic E-state index is 0. The first-order chi connectivity index (χ1) is 13.4. The number of aryl methyl sites for hydroxylation is 1. The van der Waals surface area contributed by atoms with E-state index in [1.807, 2.05) is 18.2 Å². The van der Waals surface area contributed by atoms with Gasteiger partial charge in [-0.15, -0.1) is 0 Å². The van der Waals surface area contributed by atoms with Crippen molar-refractivity contribution in [3.05, 3.63) is 48.0 Å². The van der Waals surface area contributed by atoms with Crippen LogP contribution in [0.2, 0.25) is 0 Å². The maximum Gasteiger partial charge on any atom is 1.00 e. The van der Waals surface area contributed by atoms with E-state index < -0.39 is 20.8 Å². The molecule has 0 spiro atoms. The van der Waals surface area contributed by atoms with E-state index in [9.17, 15) is 13.5 Å². The number of rotatable bonds is 12. The molecule has 154 valence electrons. The molecular formula is C22H29KO5S. The number of ether oxygens (including phenoxy) is 1. The van der Waals surface area contributed by atoms with Gasteiger partial charge < -0.3 is 9.84 Å². The number of para-hydroxylation sites is 1. The molecule has 0 aliphatic carbocycles. The smallest absolute Gasteiger partial charge is 0.869 e. The van der Waals surface area contributed by atoms with E-state index >= 15 is 0 Å². The van der Waals surface area contributed by atoms with Crippen molar-refractivity contribution in [2.75, 3.05) is 0 Å². The molecule has 0 saturated carbocycles. The van der Waals surface area contributed by atoms with Crippen LogP contribution in [0.15, 0.2) is 47.4 Å². The Balaban J connectivity index is 0.00000420. The second-order valence-corrected chi connectivity index (χ2v) is 8.42. The van der Waals surface area contributed by atoms with Crippen LogP contribution in [0.3, 0.4) is 0 Å². The molecule has 0 radical (unpaired) electrons. The fraction of sp³-hybridized carbons (Fsp3) is 0.455. The third-order valence-corrected chi connectivity index (χ3v) is 5.54. The molecule has 0 unspecified atom stereocenters. The van der Waals surface area contributed by atoms with Gasteiger partial charge in [0.2, 0.25) is 0 Å². The Hall–Kier alpha value is -0.414. The van der Waals surface area contributed by atoms with E-state index in [0.717, 1.165) is 24.5 Å². The van der Waals surface area contributed by atoms with Crippen molar-refractivity contribution in [2.24, 2.45) is 0 Å². The van der Waals surface area contributed by atoms with Crippen LogP contribution in [0.5, 0.6) is 17.2 Å². The Morgan fingerprint density at radius 3 is 2.21 bits per heavy atom. The summed E-state index contributed by atoms with van der Waals surface area (Å²) in [6.07, 6.45) is 11.0. The van der Waals surface area contributed by atoms with Gasteiger partial charge in [-0.2, -0.15) is 8.42 Å². The third kappa shape index (κ3) is 9.51. The molecule has 0 amide bonds. The monoisotopic (exact) mass is 444 g/mol. The van der Waals surface area contributed by atoms with Crippen molar-refractivity contribution in [3.8, 4) is 17.2 Å². The summed E-state index contributed by atoms with van der Waals surface area (Å²) in [4.78, 5) is -0.680. The summed E-state index contributed by atoms with van der Waals surface area (Å²) in [5, 5.41) is 12.2. The van der Waals surface area contributed by atoms with Crippen LogP contribution in [0.1, 0.15) is 63.9 Å². The minimum Gasteiger partial charge on any atom is -0.869 e. The molecule has 0 atom stereocenters. The van der Waals surface area contributed by atoms with E-state index in [2.05, 4.69) is 6.92 Å². The first-order valence-corrected chi connectivity index (χ1v) is 11.4. The van der Waals surface area contributed by atoms with Gasteiger partial charge in [0.25, 0.3) is 10.1 Å². The number of hydrogen-bond acceptors (Lipinski definition) is 4. The molecule has 0 saturated heterocycles. The first kappa shape index (κ1) is 26.6. The maximum atomic E-state index is 12.2. The van der Waals surface area contributed by atoms with Crippen molar-refractivity contribution in [3.63, 3.8) is 0 Å². The molecule has 0 aliphatic heterocycles. The van der Waals surface area contributed by atoms with Gasteiger partial charge in [-0.05, 0) is 48.4 Å². The summed E-state index contributed by atoms with van der Waals surface area (Å²) in [5.41, 5.74) is 1.11. The van der Waals surface area contributed by atoms with Crippen LogP contribution >= 0.6 is 0 Å². The van der Waals surface area contributed by atoms with Crippen LogP contribution in [-0.2, 0) is 16.5 Å². The zero-order valence-corrected chi connectivity index (χ0v) is 21.3. The fourth-order valence-corrected chi connectivity index (χ4v) is 3.72. The minimum atomic E-state index is -4.57. The number of unbranched alkanes of at least 4 members (excludes halogenated alkanes) is 7. The van der Waals surface area contributed by atoms with Crippen LogP contribution in [0.25, 0.3) is 0 Å². The first-order valence-electron chi connectivity index (χ1n) is 9.96. The van der Waals surface area contributed by atoms with Gasteiger partial charge in [0, 0.05) is 0 Å². The predicted octanol–water partition coefficient (Wildman–Crippen LogP) is 2.49. The molecule has 2 aromatic carbocycles. The number of benzene rings is 2. The molecule has 0 heterocycles. The Bertz CT molecular complexity index is 852. The predicted molar refractivity (Wildman–Crippen MR) is 109 cm³/mol. The number of hydrogen-bond donors (Lipinski definition) is 1. The van der Waals surface area contributed by atoms with Crippen LogP contribution in [0, 0.1) is 0 Å². The SMILES string of the molecule is CCCCCCCCCCc1cccc(Oc2cccc(S(=O)(=O)O)c2[O-])c1.[K+]. The van der Waals surface area contributed by atoms with Gasteiger partial charge in [0.1, 0.15) is 11.5 Å². The van der Waals surface area contributed by atoms with Crippen LogP contribution < -0.4 is 61.2 Å². The Morgan fingerprint density at radius 2 is 1.55 bits per heavy atom. The van der Waals surface area contributed by atoms with E-state index in [4.69, 9.17) is 9.29 Å². The Morgan fingerprint density at radius 1 is 0.931 bits per heavy atom. The van der Waals surface area contributed by atoms with E-state index in [1.165, 1.54) is 57.1 Å². The Labute approximate surface area is 217 Å². The van der Waals surface area contributed by atoms with Crippen LogP contribution in [-0.4, -0.2) is 13.0 Å². The van der Waals surface area contributed by atoms with Crippen LogP contribution in [0.4, 0.5) is 0 Å². The maximum absolute atomic E-state index is 12.2. The quantitative estimate of drug-likeness (QED) is 0.309. The summed E-state index contributed by atoms with van der Waals surface area (Å²) in [6, 6.07) is 11.3. The van der Waals surface area contributed by atoms with Crippen molar-refractivity contribution in [1.82, 2.24) is 0 Å². The molecular weight excluding hydrogens is 415 g/mol. The van der Waals surface area contributed by atoms with Gasteiger partial charge >= 0.3 is 51.4 Å². The van der Waals surface area contributed by atoms with Crippen molar-refractivity contribution in [1.29, 1.82) is 0 Å². The molecule has 0 fully saturated rings. The Kier molecular flexibility index (Phi) is 12.7. The van der Waals surface area contributed by atoms with E-state index in [-0.39, 0.29) is 57.1 Å². The zero-order chi connectivity index (χ0) is 20.4. The molecule has 0 aliphatic rings. The van der Waals surface area contributed by atoms with Gasteiger partial charge in [-0.1, -0.05) is 70.1 Å². The average molecular weight is 445 g/mol. The van der Waals surface area contributed by atoms with Gasteiger partial charge in [0.05, 0.1) is 4.90 Å². The molecule has 1 N–H and O–H groups in total. The summed E-state index contributed by atoms with van der Waals surface area (Å²) in [5.74, 6) is -0.500. The standard InChI is InChI=1S/C22H30O5S.K/c1-2-3-4-5-6-7-8-9-12-18-13-10-14-19(17-18)27-20-15-11-16-21(22(20)23)28(24,25)26;/h10-11,13-17,23H,2-9,12H2,1H3,(H,24,25,26);/q;+1/p-1. The second kappa shape index (κ2) is 13.8. The molecule has 0 bridgehead atoms. The van der Waals surface area contributed by atoms with Gasteiger partial charge in [-0.25, -0.2) is 0 Å². The van der Waals surface area contributed by atoms with E-state index in [1.54, 1.807) is 6.07 Å². The molecule has 29 heavy (non-hydrogen) atoms. The van der Waals surface area contributed by atoms with Gasteiger partial charge in [0.15, 0.2) is 0 Å². The molecule has 0 aromatic heterocycles.